The van der Waals surface area contributed by atoms with Gasteiger partial charge in [0.25, 0.3) is 0 Å². The Morgan fingerprint density at radius 1 is 1.20 bits per heavy atom. The average molecular weight is 273 g/mol. The number of fused-ring (bicyclic) bond motifs is 1. The maximum atomic E-state index is 3.58. The highest BCUT2D eigenvalue weighted by molar-refractivity contribution is 5.84. The number of rotatable bonds is 8. The Labute approximate surface area is 122 Å². The molecule has 3 heteroatoms. The highest BCUT2D eigenvalue weighted by atomic mass is 14.9. The standard InChI is InChI=1S/C17H27N3/c1-13(8-10-18-3)12-19-11-9-15-14(2)20-17-7-5-4-6-16(15)17/h4-7,13,18-20H,8-12H2,1-3H3. The number of aryl methyl sites for hydroxylation is 1. The molecule has 0 amide bonds. The van der Waals surface area contributed by atoms with Gasteiger partial charge in [-0.15, -0.1) is 0 Å². The summed E-state index contributed by atoms with van der Waals surface area (Å²) in [6.45, 7) is 7.73. The lowest BCUT2D eigenvalue weighted by molar-refractivity contribution is 0.474. The number of aromatic nitrogens is 1. The lowest BCUT2D eigenvalue weighted by Crippen LogP contribution is -2.25. The summed E-state index contributed by atoms with van der Waals surface area (Å²) in [5.74, 6) is 0.728. The summed E-state index contributed by atoms with van der Waals surface area (Å²) in [5.41, 5.74) is 4.01. The number of H-pyrrole nitrogens is 1. The minimum absolute atomic E-state index is 0.728. The fourth-order valence-corrected chi connectivity index (χ4v) is 2.71. The van der Waals surface area contributed by atoms with Gasteiger partial charge in [0.05, 0.1) is 0 Å². The van der Waals surface area contributed by atoms with Gasteiger partial charge in [0, 0.05) is 16.6 Å². The Morgan fingerprint density at radius 3 is 2.80 bits per heavy atom. The van der Waals surface area contributed by atoms with Gasteiger partial charge in [-0.3, -0.25) is 0 Å². The van der Waals surface area contributed by atoms with Crippen molar-refractivity contribution in [2.45, 2.75) is 26.7 Å². The normalized spacial score (nSPS) is 12.9. The van der Waals surface area contributed by atoms with E-state index in [0.717, 1.165) is 32.0 Å². The van der Waals surface area contributed by atoms with Crippen LogP contribution in [0.4, 0.5) is 0 Å². The SMILES string of the molecule is CNCCC(C)CNCCc1c(C)[nH]c2ccccc12. The molecule has 20 heavy (non-hydrogen) atoms. The van der Waals surface area contributed by atoms with E-state index in [1.165, 1.54) is 28.6 Å². The van der Waals surface area contributed by atoms with E-state index >= 15 is 0 Å². The first-order valence-electron chi connectivity index (χ1n) is 7.64. The Kier molecular flexibility index (Phi) is 5.62. The maximum absolute atomic E-state index is 3.58. The zero-order valence-corrected chi connectivity index (χ0v) is 12.9. The van der Waals surface area contributed by atoms with Crippen molar-refractivity contribution in [2.24, 2.45) is 5.92 Å². The molecular weight excluding hydrogens is 246 g/mol. The fourth-order valence-electron chi connectivity index (χ4n) is 2.71. The van der Waals surface area contributed by atoms with E-state index in [0.29, 0.717) is 0 Å². The molecular formula is C17H27N3. The molecule has 3 N–H and O–H groups in total. The third-order valence-electron chi connectivity index (χ3n) is 3.96. The van der Waals surface area contributed by atoms with Crippen LogP contribution < -0.4 is 10.6 Å². The lowest BCUT2D eigenvalue weighted by Gasteiger charge is -2.12. The monoisotopic (exact) mass is 273 g/mol. The second-order valence-corrected chi connectivity index (χ2v) is 5.73. The van der Waals surface area contributed by atoms with Crippen molar-refractivity contribution < 1.29 is 0 Å². The van der Waals surface area contributed by atoms with Gasteiger partial charge in [0.15, 0.2) is 0 Å². The molecule has 110 valence electrons. The van der Waals surface area contributed by atoms with E-state index < -0.39 is 0 Å². The highest BCUT2D eigenvalue weighted by Gasteiger charge is 2.07. The van der Waals surface area contributed by atoms with Crippen LogP contribution in [0.2, 0.25) is 0 Å². The summed E-state index contributed by atoms with van der Waals surface area (Å²) >= 11 is 0. The van der Waals surface area contributed by atoms with Gasteiger partial charge in [0.2, 0.25) is 0 Å². The Bertz CT molecular complexity index is 530. The Morgan fingerprint density at radius 2 is 2.00 bits per heavy atom. The number of benzene rings is 1. The van der Waals surface area contributed by atoms with E-state index in [2.05, 4.69) is 53.7 Å². The molecule has 0 bridgehead atoms. The van der Waals surface area contributed by atoms with Gasteiger partial charge >= 0.3 is 0 Å². The van der Waals surface area contributed by atoms with E-state index in [-0.39, 0.29) is 0 Å². The van der Waals surface area contributed by atoms with Crippen LogP contribution in [0, 0.1) is 12.8 Å². The molecule has 0 spiro atoms. The average Bonchev–Trinajstić information content (AvgIpc) is 2.77. The molecule has 1 heterocycles. The van der Waals surface area contributed by atoms with Crippen molar-refractivity contribution >= 4 is 10.9 Å². The number of hydrogen-bond acceptors (Lipinski definition) is 2. The van der Waals surface area contributed by atoms with Crippen LogP contribution in [0.25, 0.3) is 10.9 Å². The van der Waals surface area contributed by atoms with E-state index in [1.807, 2.05) is 7.05 Å². The summed E-state index contributed by atoms with van der Waals surface area (Å²) in [4.78, 5) is 3.47. The van der Waals surface area contributed by atoms with Crippen molar-refractivity contribution in [3.63, 3.8) is 0 Å². The first kappa shape index (κ1) is 15.1. The van der Waals surface area contributed by atoms with Crippen LogP contribution >= 0.6 is 0 Å². The lowest BCUT2D eigenvalue weighted by atomic mass is 10.1. The van der Waals surface area contributed by atoms with E-state index in [1.54, 1.807) is 0 Å². The van der Waals surface area contributed by atoms with Crippen LogP contribution in [0.1, 0.15) is 24.6 Å². The van der Waals surface area contributed by atoms with E-state index in [4.69, 9.17) is 0 Å². The number of para-hydroxylation sites is 1. The Hall–Kier alpha value is -1.32. The third kappa shape index (κ3) is 3.84. The minimum Gasteiger partial charge on any atom is -0.358 e. The number of hydrogen-bond donors (Lipinski definition) is 3. The van der Waals surface area contributed by atoms with Crippen LogP contribution in [0.5, 0.6) is 0 Å². The van der Waals surface area contributed by atoms with Crippen molar-refractivity contribution in [3.05, 3.63) is 35.5 Å². The van der Waals surface area contributed by atoms with Gasteiger partial charge in [-0.2, -0.15) is 0 Å². The largest absolute Gasteiger partial charge is 0.358 e. The molecule has 0 aliphatic carbocycles. The molecule has 0 saturated carbocycles. The minimum atomic E-state index is 0.728. The summed E-state index contributed by atoms with van der Waals surface area (Å²) in [6, 6.07) is 8.57. The number of nitrogens with one attached hydrogen (secondary N) is 3. The summed E-state index contributed by atoms with van der Waals surface area (Å²) in [7, 11) is 2.01. The molecule has 3 nitrogen and oxygen atoms in total. The van der Waals surface area contributed by atoms with E-state index in [9.17, 15) is 0 Å². The van der Waals surface area contributed by atoms with Gasteiger partial charge in [-0.05, 0) is 64.0 Å². The third-order valence-corrected chi connectivity index (χ3v) is 3.96. The number of aromatic amines is 1. The molecule has 1 unspecified atom stereocenters. The zero-order valence-electron chi connectivity index (χ0n) is 12.9. The molecule has 2 aromatic rings. The van der Waals surface area contributed by atoms with Gasteiger partial charge in [-0.1, -0.05) is 25.1 Å². The fraction of sp³-hybridized carbons (Fsp3) is 0.529. The molecule has 0 fully saturated rings. The topological polar surface area (TPSA) is 39.8 Å². The molecule has 0 radical (unpaired) electrons. The molecule has 0 aliphatic heterocycles. The molecule has 1 atom stereocenters. The van der Waals surface area contributed by atoms with Crippen LogP contribution in [-0.4, -0.2) is 31.7 Å². The zero-order chi connectivity index (χ0) is 14.4. The van der Waals surface area contributed by atoms with Crippen molar-refractivity contribution in [3.8, 4) is 0 Å². The predicted octanol–water partition coefficient (Wildman–Crippen LogP) is 2.85. The quantitative estimate of drug-likeness (QED) is 0.647. The van der Waals surface area contributed by atoms with Gasteiger partial charge in [0.1, 0.15) is 0 Å². The van der Waals surface area contributed by atoms with Crippen molar-refractivity contribution in [2.75, 3.05) is 26.7 Å². The van der Waals surface area contributed by atoms with Gasteiger partial charge < -0.3 is 15.6 Å². The molecule has 1 aromatic heterocycles. The first-order valence-corrected chi connectivity index (χ1v) is 7.64. The summed E-state index contributed by atoms with van der Waals surface area (Å²) in [6.07, 6.45) is 2.32. The molecule has 1 aromatic carbocycles. The van der Waals surface area contributed by atoms with Crippen LogP contribution in [0.3, 0.4) is 0 Å². The van der Waals surface area contributed by atoms with Crippen molar-refractivity contribution in [1.29, 1.82) is 0 Å². The first-order chi connectivity index (χ1) is 9.72. The second kappa shape index (κ2) is 7.46. The molecule has 0 saturated heterocycles. The maximum Gasteiger partial charge on any atom is 0.0458 e. The second-order valence-electron chi connectivity index (χ2n) is 5.73. The van der Waals surface area contributed by atoms with Crippen molar-refractivity contribution in [1.82, 2.24) is 15.6 Å². The highest BCUT2D eigenvalue weighted by Crippen LogP contribution is 2.21. The summed E-state index contributed by atoms with van der Waals surface area (Å²) < 4.78 is 0. The summed E-state index contributed by atoms with van der Waals surface area (Å²) in [5, 5.41) is 8.16. The van der Waals surface area contributed by atoms with Crippen LogP contribution in [-0.2, 0) is 6.42 Å². The van der Waals surface area contributed by atoms with Crippen LogP contribution in [0.15, 0.2) is 24.3 Å². The predicted molar refractivity (Wildman–Crippen MR) is 87.3 cm³/mol. The molecule has 0 aliphatic rings. The Balaban J connectivity index is 1.83. The smallest absolute Gasteiger partial charge is 0.0458 e. The molecule has 2 rings (SSSR count). The van der Waals surface area contributed by atoms with Gasteiger partial charge in [-0.25, -0.2) is 0 Å².